The summed E-state index contributed by atoms with van der Waals surface area (Å²) in [5, 5.41) is 3.72. The molecule has 0 atom stereocenters. The van der Waals surface area contributed by atoms with Gasteiger partial charge in [-0.2, -0.15) is 4.98 Å². The van der Waals surface area contributed by atoms with Crippen molar-refractivity contribution in [3.63, 3.8) is 0 Å². The summed E-state index contributed by atoms with van der Waals surface area (Å²) in [5.74, 6) is 0.441. The third kappa shape index (κ3) is 2.85. The lowest BCUT2D eigenvalue weighted by Gasteiger charge is -2.11. The predicted octanol–water partition coefficient (Wildman–Crippen LogP) is 4.18. The van der Waals surface area contributed by atoms with E-state index in [0.29, 0.717) is 27.9 Å². The molecule has 0 unspecified atom stereocenters. The van der Waals surface area contributed by atoms with Crippen LogP contribution in [0.5, 0.6) is 0 Å². The maximum atomic E-state index is 6.10. The molecule has 0 saturated carbocycles. The van der Waals surface area contributed by atoms with E-state index in [1.165, 1.54) is 0 Å². The summed E-state index contributed by atoms with van der Waals surface area (Å²) in [6.07, 6.45) is 0. The Morgan fingerprint density at radius 3 is 2.67 bits per heavy atom. The number of nitrogens with two attached hydrogens (primary N) is 1. The number of benzene rings is 1. The minimum atomic E-state index is 0.137. The first kappa shape index (κ1) is 13.4. The second-order valence-electron chi connectivity index (χ2n) is 3.59. The molecule has 0 radical (unpaired) electrons. The molecular formula is C11H9BrCl2N4. The fraction of sp³-hybridized carbons (Fsp3) is 0.0909. The Morgan fingerprint density at radius 1 is 1.28 bits per heavy atom. The van der Waals surface area contributed by atoms with Crippen LogP contribution >= 0.6 is 39.1 Å². The molecule has 1 heterocycles. The summed E-state index contributed by atoms with van der Waals surface area (Å²) in [4.78, 5) is 8.00. The van der Waals surface area contributed by atoms with Crippen LogP contribution < -0.4 is 11.1 Å². The zero-order valence-electron chi connectivity index (χ0n) is 9.34. The first-order valence-electron chi connectivity index (χ1n) is 4.99. The number of rotatable bonds is 2. The van der Waals surface area contributed by atoms with E-state index in [0.717, 1.165) is 4.47 Å². The number of aryl methyl sites for hydroxylation is 1. The molecule has 0 spiro atoms. The lowest BCUT2D eigenvalue weighted by molar-refractivity contribution is 1.11. The summed E-state index contributed by atoms with van der Waals surface area (Å²) < 4.78 is 0.892. The van der Waals surface area contributed by atoms with E-state index in [2.05, 4.69) is 31.2 Å². The van der Waals surface area contributed by atoms with Crippen molar-refractivity contribution in [2.45, 2.75) is 6.92 Å². The predicted molar refractivity (Wildman–Crippen MR) is 78.6 cm³/mol. The highest BCUT2D eigenvalue weighted by Gasteiger charge is 2.09. The zero-order valence-corrected chi connectivity index (χ0v) is 12.4. The van der Waals surface area contributed by atoms with Gasteiger partial charge in [-0.25, -0.2) is 4.98 Å². The third-order valence-electron chi connectivity index (χ3n) is 2.29. The molecule has 7 heteroatoms. The van der Waals surface area contributed by atoms with Gasteiger partial charge < -0.3 is 11.1 Å². The highest BCUT2D eigenvalue weighted by molar-refractivity contribution is 9.10. The van der Waals surface area contributed by atoms with Crippen LogP contribution in [-0.2, 0) is 0 Å². The van der Waals surface area contributed by atoms with Gasteiger partial charge in [0.05, 0.1) is 22.1 Å². The van der Waals surface area contributed by atoms with Crippen molar-refractivity contribution in [2.75, 3.05) is 11.1 Å². The number of nitrogen functional groups attached to an aromatic ring is 1. The van der Waals surface area contributed by atoms with E-state index < -0.39 is 0 Å². The molecule has 4 nitrogen and oxygen atoms in total. The van der Waals surface area contributed by atoms with Crippen LogP contribution in [0.1, 0.15) is 5.69 Å². The van der Waals surface area contributed by atoms with Gasteiger partial charge >= 0.3 is 0 Å². The molecule has 0 fully saturated rings. The van der Waals surface area contributed by atoms with Crippen molar-refractivity contribution in [1.29, 1.82) is 0 Å². The van der Waals surface area contributed by atoms with Crippen molar-refractivity contribution in [3.8, 4) is 0 Å². The number of nitrogens with zero attached hydrogens (tertiary/aromatic N) is 2. The lowest BCUT2D eigenvalue weighted by Crippen LogP contribution is -2.04. The van der Waals surface area contributed by atoms with Crippen LogP contribution in [0.4, 0.5) is 17.2 Å². The number of hydrogen-bond acceptors (Lipinski definition) is 4. The molecule has 0 saturated heterocycles. The Bertz CT molecular complexity index is 604. The van der Waals surface area contributed by atoms with Crippen molar-refractivity contribution in [3.05, 3.63) is 38.7 Å². The molecule has 2 rings (SSSR count). The van der Waals surface area contributed by atoms with Gasteiger partial charge in [-0.15, -0.1) is 0 Å². The van der Waals surface area contributed by atoms with E-state index in [1.54, 1.807) is 13.0 Å². The normalized spacial score (nSPS) is 10.4. The first-order chi connectivity index (χ1) is 8.47. The van der Waals surface area contributed by atoms with Gasteiger partial charge in [-0.05, 0) is 36.7 Å². The van der Waals surface area contributed by atoms with Gasteiger partial charge in [0, 0.05) is 4.47 Å². The molecule has 18 heavy (non-hydrogen) atoms. The minimum absolute atomic E-state index is 0.137. The molecule has 1 aromatic carbocycles. The van der Waals surface area contributed by atoms with Gasteiger partial charge in [0.15, 0.2) is 5.82 Å². The monoisotopic (exact) mass is 346 g/mol. The molecular weight excluding hydrogens is 339 g/mol. The number of halogens is 3. The molecule has 0 amide bonds. The van der Waals surface area contributed by atoms with Crippen LogP contribution in [-0.4, -0.2) is 9.97 Å². The molecule has 0 bridgehead atoms. The maximum absolute atomic E-state index is 6.10. The Hall–Kier alpha value is -1.04. The van der Waals surface area contributed by atoms with Crippen molar-refractivity contribution >= 4 is 56.3 Å². The molecule has 0 aliphatic heterocycles. The Morgan fingerprint density at radius 2 is 2.00 bits per heavy atom. The van der Waals surface area contributed by atoms with Crippen molar-refractivity contribution < 1.29 is 0 Å². The Balaban J connectivity index is 2.40. The lowest BCUT2D eigenvalue weighted by atomic mass is 10.3. The van der Waals surface area contributed by atoms with Gasteiger partial charge in [0.2, 0.25) is 5.28 Å². The fourth-order valence-corrected chi connectivity index (χ4v) is 2.29. The summed E-state index contributed by atoms with van der Waals surface area (Å²) >= 11 is 15.2. The second kappa shape index (κ2) is 5.30. The van der Waals surface area contributed by atoms with Gasteiger partial charge in [0.25, 0.3) is 0 Å². The molecule has 1 aromatic heterocycles. The molecule has 0 aliphatic rings. The van der Waals surface area contributed by atoms with E-state index in [9.17, 15) is 0 Å². The van der Waals surface area contributed by atoms with Crippen LogP contribution in [0, 0.1) is 6.92 Å². The topological polar surface area (TPSA) is 63.8 Å². The highest BCUT2D eigenvalue weighted by Crippen LogP contribution is 2.30. The SMILES string of the molecule is Cc1nc(Cl)nc(Nc2ccc(Br)cc2Cl)c1N. The zero-order chi connectivity index (χ0) is 13.3. The van der Waals surface area contributed by atoms with E-state index in [-0.39, 0.29) is 5.28 Å². The summed E-state index contributed by atoms with van der Waals surface area (Å²) in [7, 11) is 0. The van der Waals surface area contributed by atoms with E-state index in [1.807, 2.05) is 12.1 Å². The van der Waals surface area contributed by atoms with Crippen LogP contribution in [0.2, 0.25) is 10.3 Å². The first-order valence-corrected chi connectivity index (χ1v) is 6.54. The summed E-state index contributed by atoms with van der Waals surface area (Å²) in [5.41, 5.74) is 7.64. The largest absolute Gasteiger partial charge is 0.394 e. The van der Waals surface area contributed by atoms with E-state index in [4.69, 9.17) is 28.9 Å². The van der Waals surface area contributed by atoms with Gasteiger partial charge in [0.1, 0.15) is 0 Å². The van der Waals surface area contributed by atoms with Crippen LogP contribution in [0.15, 0.2) is 22.7 Å². The van der Waals surface area contributed by atoms with Crippen molar-refractivity contribution in [2.24, 2.45) is 0 Å². The standard InChI is InChI=1S/C11H9BrCl2N4/c1-5-9(15)10(18-11(14)16-5)17-8-3-2-6(12)4-7(8)13/h2-4H,15H2,1H3,(H,16,17,18). The second-order valence-corrected chi connectivity index (χ2v) is 5.25. The van der Waals surface area contributed by atoms with Crippen LogP contribution in [0.3, 0.4) is 0 Å². The Labute approximate surface area is 123 Å². The number of nitrogens with one attached hydrogen (secondary N) is 1. The highest BCUT2D eigenvalue weighted by atomic mass is 79.9. The minimum Gasteiger partial charge on any atom is -0.394 e. The average molecular weight is 348 g/mol. The molecule has 3 N–H and O–H groups in total. The number of hydrogen-bond donors (Lipinski definition) is 2. The third-order valence-corrected chi connectivity index (χ3v) is 3.27. The Kier molecular flexibility index (Phi) is 3.94. The van der Waals surface area contributed by atoms with Gasteiger partial charge in [-0.3, -0.25) is 0 Å². The smallest absolute Gasteiger partial charge is 0.224 e. The molecule has 94 valence electrons. The quantitative estimate of drug-likeness (QED) is 0.800. The van der Waals surface area contributed by atoms with Crippen molar-refractivity contribution in [1.82, 2.24) is 9.97 Å². The maximum Gasteiger partial charge on any atom is 0.224 e. The molecule has 0 aliphatic carbocycles. The number of aromatic nitrogens is 2. The molecule has 2 aromatic rings. The number of anilines is 3. The van der Waals surface area contributed by atoms with E-state index >= 15 is 0 Å². The summed E-state index contributed by atoms with van der Waals surface area (Å²) in [6.45, 7) is 1.76. The fourth-order valence-electron chi connectivity index (χ4n) is 1.36. The average Bonchev–Trinajstić information content (AvgIpc) is 2.29. The summed E-state index contributed by atoms with van der Waals surface area (Å²) in [6, 6.07) is 5.45. The van der Waals surface area contributed by atoms with Crippen LogP contribution in [0.25, 0.3) is 0 Å². The van der Waals surface area contributed by atoms with Gasteiger partial charge in [-0.1, -0.05) is 27.5 Å².